The fourth-order valence-corrected chi connectivity index (χ4v) is 5.04. The first kappa shape index (κ1) is 22.9. The van der Waals surface area contributed by atoms with Crippen LogP contribution >= 0.6 is 0 Å². The van der Waals surface area contributed by atoms with Crippen LogP contribution in [0.25, 0.3) is 0 Å². The topological polar surface area (TPSA) is 77.7 Å². The first-order chi connectivity index (χ1) is 16.8. The summed E-state index contributed by atoms with van der Waals surface area (Å²) in [4.78, 5) is 19.7. The third kappa shape index (κ3) is 4.46. The highest BCUT2D eigenvalue weighted by atomic mass is 16.6. The predicted molar refractivity (Wildman–Crippen MR) is 135 cm³/mol. The van der Waals surface area contributed by atoms with Crippen LogP contribution in [-0.2, 0) is 10.3 Å². The van der Waals surface area contributed by atoms with Crippen molar-refractivity contribution in [3.05, 3.63) is 95.2 Å². The number of rotatable bonds is 4. The molecular weight excluding hydrogens is 436 g/mol. The molecule has 2 heterocycles. The zero-order valence-corrected chi connectivity index (χ0v) is 20.4. The van der Waals surface area contributed by atoms with E-state index in [9.17, 15) is 10.1 Å². The summed E-state index contributed by atoms with van der Waals surface area (Å²) in [6.07, 6.45) is 8.09. The summed E-state index contributed by atoms with van der Waals surface area (Å²) in [7, 11) is 0. The second-order valence-electron chi connectivity index (χ2n) is 10.4. The van der Waals surface area contributed by atoms with Crippen LogP contribution < -0.4 is 5.32 Å². The summed E-state index contributed by atoms with van der Waals surface area (Å²) < 4.78 is 5.52. The number of ether oxygens (including phenoxy) is 1. The van der Waals surface area contributed by atoms with Crippen molar-refractivity contribution in [2.75, 3.05) is 0 Å². The second-order valence-corrected chi connectivity index (χ2v) is 10.4. The first-order valence-corrected chi connectivity index (χ1v) is 12.1. The number of nitrogens with one attached hydrogen (secondary N) is 1. The second kappa shape index (κ2) is 8.74. The van der Waals surface area contributed by atoms with E-state index in [1.165, 1.54) is 0 Å². The van der Waals surface area contributed by atoms with Gasteiger partial charge in [0.25, 0.3) is 0 Å². The van der Waals surface area contributed by atoms with E-state index in [2.05, 4.69) is 52.7 Å². The van der Waals surface area contributed by atoms with Crippen LogP contribution in [0.5, 0.6) is 0 Å². The molecule has 178 valence electrons. The number of hydrogen-bond donors (Lipinski definition) is 1. The summed E-state index contributed by atoms with van der Waals surface area (Å²) in [6.45, 7) is 5.62. The van der Waals surface area contributed by atoms with Crippen LogP contribution in [0.2, 0.25) is 0 Å². The number of carbonyl (C=O) groups excluding carboxylic acids is 1. The number of nitriles is 1. The van der Waals surface area contributed by atoms with E-state index >= 15 is 0 Å². The van der Waals surface area contributed by atoms with E-state index in [4.69, 9.17) is 9.73 Å². The maximum absolute atomic E-state index is 12.5. The quantitative estimate of drug-likeness (QED) is 0.594. The smallest absolute Gasteiger partial charge is 0.408 e. The van der Waals surface area contributed by atoms with E-state index in [1.807, 2.05) is 57.3 Å². The highest BCUT2D eigenvalue weighted by Gasteiger charge is 2.42. The Morgan fingerprint density at radius 2 is 1.80 bits per heavy atom. The van der Waals surface area contributed by atoms with Crippen LogP contribution in [0.4, 0.5) is 4.79 Å². The van der Waals surface area contributed by atoms with Crippen molar-refractivity contribution in [2.45, 2.75) is 63.3 Å². The SMILES string of the molecule is CC(C)(C)OC(=O)NC1(c2ccc(C3N=C4C=CC(C#N)=CN4C3c3ccccc3)cc2)CCC1. The van der Waals surface area contributed by atoms with Gasteiger partial charge in [0.05, 0.1) is 17.2 Å². The van der Waals surface area contributed by atoms with Gasteiger partial charge in [-0.05, 0) is 68.9 Å². The zero-order chi connectivity index (χ0) is 24.6. The number of hydrogen-bond acceptors (Lipinski definition) is 5. The minimum Gasteiger partial charge on any atom is -0.444 e. The Hall–Kier alpha value is -3.85. The minimum absolute atomic E-state index is 0.0390. The molecular formula is C29H30N4O2. The van der Waals surface area contributed by atoms with E-state index in [0.717, 1.165) is 41.8 Å². The van der Waals surface area contributed by atoms with Gasteiger partial charge in [-0.3, -0.25) is 4.99 Å². The number of alkyl carbamates (subject to hydrolysis) is 1. The van der Waals surface area contributed by atoms with Crippen molar-refractivity contribution in [1.82, 2.24) is 10.2 Å². The Morgan fingerprint density at radius 1 is 1.09 bits per heavy atom. The van der Waals surface area contributed by atoms with E-state index in [1.54, 1.807) is 0 Å². The molecule has 1 N–H and O–H groups in total. The number of amides is 1. The fourth-order valence-electron chi connectivity index (χ4n) is 5.04. The number of allylic oxidation sites excluding steroid dienone is 2. The molecule has 6 heteroatoms. The van der Waals surface area contributed by atoms with Crippen molar-refractivity contribution in [1.29, 1.82) is 5.26 Å². The highest BCUT2D eigenvalue weighted by molar-refractivity contribution is 5.97. The predicted octanol–water partition coefficient (Wildman–Crippen LogP) is 6.06. The maximum Gasteiger partial charge on any atom is 0.408 e. The molecule has 0 saturated heterocycles. The van der Waals surface area contributed by atoms with E-state index in [-0.39, 0.29) is 23.7 Å². The Labute approximate surface area is 206 Å². The molecule has 0 spiro atoms. The van der Waals surface area contributed by atoms with Gasteiger partial charge < -0.3 is 15.0 Å². The molecule has 6 nitrogen and oxygen atoms in total. The van der Waals surface area contributed by atoms with Crippen LogP contribution in [0.1, 0.15) is 68.8 Å². The molecule has 5 rings (SSSR count). The standard InChI is InChI=1S/C29H30N4O2/c1-28(2,3)35-27(34)32-29(16-7-17-29)23-13-11-21(12-14-23)25-26(22-8-5-4-6-9-22)33-19-20(18-30)10-15-24(33)31-25/h4-6,8-15,19,25-26H,7,16-17H2,1-3H3,(H,32,34). The van der Waals surface area contributed by atoms with Gasteiger partial charge in [0.15, 0.2) is 0 Å². The molecule has 1 aliphatic carbocycles. The third-order valence-electron chi connectivity index (χ3n) is 6.85. The van der Waals surface area contributed by atoms with Gasteiger partial charge in [0.1, 0.15) is 23.5 Å². The van der Waals surface area contributed by atoms with Gasteiger partial charge in [-0.2, -0.15) is 5.26 Å². The van der Waals surface area contributed by atoms with E-state index < -0.39 is 5.60 Å². The van der Waals surface area contributed by atoms with Crippen LogP contribution in [0.15, 0.2) is 83.5 Å². The molecule has 2 unspecified atom stereocenters. The van der Waals surface area contributed by atoms with Crippen LogP contribution in [0.3, 0.4) is 0 Å². The summed E-state index contributed by atoms with van der Waals surface area (Å²) in [6, 6.07) is 20.8. The molecule has 0 radical (unpaired) electrons. The molecule has 35 heavy (non-hydrogen) atoms. The Bertz CT molecular complexity index is 1240. The molecule has 2 aromatic carbocycles. The van der Waals surface area contributed by atoms with E-state index in [0.29, 0.717) is 5.57 Å². The van der Waals surface area contributed by atoms with Crippen molar-refractivity contribution >= 4 is 11.9 Å². The molecule has 0 bridgehead atoms. The Morgan fingerprint density at radius 3 is 2.40 bits per heavy atom. The van der Waals surface area contributed by atoms with Crippen molar-refractivity contribution in [2.24, 2.45) is 4.99 Å². The number of nitrogens with zero attached hydrogens (tertiary/aromatic N) is 3. The molecule has 2 aliphatic heterocycles. The summed E-state index contributed by atoms with van der Waals surface area (Å²) in [5.74, 6) is 0.856. The van der Waals surface area contributed by atoms with Gasteiger partial charge in [-0.25, -0.2) is 4.79 Å². The lowest BCUT2D eigenvalue weighted by atomic mass is 9.71. The lowest BCUT2D eigenvalue weighted by molar-refractivity contribution is 0.0377. The minimum atomic E-state index is -0.534. The number of fused-ring (bicyclic) bond motifs is 1. The number of benzene rings is 2. The third-order valence-corrected chi connectivity index (χ3v) is 6.85. The number of aliphatic imine (C=N–C) groups is 1. The molecule has 1 saturated carbocycles. The summed E-state index contributed by atoms with van der Waals surface area (Å²) >= 11 is 0. The van der Waals surface area contributed by atoms with Crippen LogP contribution in [0, 0.1) is 11.3 Å². The Kier molecular flexibility index (Phi) is 5.72. The average molecular weight is 467 g/mol. The summed E-state index contributed by atoms with van der Waals surface area (Å²) in [5, 5.41) is 12.6. The van der Waals surface area contributed by atoms with Gasteiger partial charge in [-0.15, -0.1) is 0 Å². The molecule has 0 aromatic heterocycles. The Balaban J connectivity index is 1.43. The zero-order valence-electron chi connectivity index (χ0n) is 20.4. The van der Waals surface area contributed by atoms with Gasteiger partial charge >= 0.3 is 6.09 Å². The lowest BCUT2D eigenvalue weighted by Crippen LogP contribution is -2.52. The highest BCUT2D eigenvalue weighted by Crippen LogP contribution is 2.45. The average Bonchev–Trinajstić information content (AvgIpc) is 3.19. The van der Waals surface area contributed by atoms with Crippen molar-refractivity contribution < 1.29 is 9.53 Å². The van der Waals surface area contributed by atoms with Gasteiger partial charge in [0, 0.05) is 6.20 Å². The number of carbonyl (C=O) groups is 1. The normalized spacial score (nSPS) is 22.3. The van der Waals surface area contributed by atoms with Crippen LogP contribution in [-0.4, -0.2) is 22.4 Å². The molecule has 2 aromatic rings. The fraction of sp³-hybridized carbons (Fsp3) is 0.345. The lowest BCUT2D eigenvalue weighted by Gasteiger charge is -2.43. The maximum atomic E-state index is 12.5. The largest absolute Gasteiger partial charge is 0.444 e. The first-order valence-electron chi connectivity index (χ1n) is 12.1. The molecule has 1 fully saturated rings. The summed E-state index contributed by atoms with van der Waals surface area (Å²) in [5.41, 5.74) is 3.02. The molecule has 1 amide bonds. The van der Waals surface area contributed by atoms with Crippen molar-refractivity contribution in [3.63, 3.8) is 0 Å². The molecule has 2 atom stereocenters. The van der Waals surface area contributed by atoms with Gasteiger partial charge in [0.2, 0.25) is 0 Å². The number of amidine groups is 1. The molecule has 3 aliphatic rings. The monoisotopic (exact) mass is 466 g/mol. The van der Waals surface area contributed by atoms with Crippen molar-refractivity contribution in [3.8, 4) is 6.07 Å². The van der Waals surface area contributed by atoms with Gasteiger partial charge in [-0.1, -0.05) is 54.6 Å².